The molecule has 1 saturated carbocycles. The lowest BCUT2D eigenvalue weighted by molar-refractivity contribution is 0.0985. The van der Waals surface area contributed by atoms with Crippen LogP contribution in [0.3, 0.4) is 0 Å². The van der Waals surface area contributed by atoms with E-state index in [0.717, 1.165) is 6.39 Å². The smallest absolute Gasteiger partial charge is 0.319 e. The molecule has 11 nitrogen and oxygen atoms in total. The lowest BCUT2D eigenvalue weighted by atomic mass is 10.1. The number of rotatable bonds is 8. The number of carbonyl (C=O) groups is 1. The first kappa shape index (κ1) is 27.9. The summed E-state index contributed by atoms with van der Waals surface area (Å²) in [6.07, 6.45) is -1.52. The van der Waals surface area contributed by atoms with E-state index in [4.69, 9.17) is 19.1 Å². The van der Waals surface area contributed by atoms with Crippen molar-refractivity contribution in [3.63, 3.8) is 0 Å². The Labute approximate surface area is 230 Å². The minimum absolute atomic E-state index is 0.0520. The second kappa shape index (κ2) is 11.1. The number of hydrogen-bond donors (Lipinski definition) is 2. The maximum Gasteiger partial charge on any atom is 0.319 e. The van der Waals surface area contributed by atoms with Gasteiger partial charge in [-0.15, -0.1) is 0 Å². The van der Waals surface area contributed by atoms with E-state index >= 15 is 0 Å². The average Bonchev–Trinajstić information content (AvgIpc) is 3.42. The minimum atomic E-state index is -3.74. The molecule has 2 N–H and O–H groups in total. The molecule has 3 aromatic rings. The van der Waals surface area contributed by atoms with Crippen molar-refractivity contribution < 1.29 is 31.1 Å². The number of halogens is 2. The van der Waals surface area contributed by atoms with Crippen LogP contribution in [0.2, 0.25) is 0 Å². The molecule has 2 fully saturated rings. The number of aromatic nitrogens is 3. The maximum absolute atomic E-state index is 13.4. The summed E-state index contributed by atoms with van der Waals surface area (Å²) in [5.41, 5.74) is 1.65. The van der Waals surface area contributed by atoms with Gasteiger partial charge in [-0.25, -0.2) is 36.9 Å². The number of nitrogens with one attached hydrogen (secondary N) is 2. The van der Waals surface area contributed by atoms with Crippen molar-refractivity contribution in [1.29, 1.82) is 0 Å². The molecule has 3 unspecified atom stereocenters. The summed E-state index contributed by atoms with van der Waals surface area (Å²) >= 11 is 0. The van der Waals surface area contributed by atoms with E-state index in [2.05, 4.69) is 20.5 Å². The second-order valence-electron chi connectivity index (χ2n) is 10.0. The highest BCUT2D eigenvalue weighted by Gasteiger charge is 2.58. The number of oxazole rings is 1. The normalized spacial score (nSPS) is 22.8. The Morgan fingerprint density at radius 2 is 1.95 bits per heavy atom. The first-order valence-corrected chi connectivity index (χ1v) is 14.4. The predicted molar refractivity (Wildman–Crippen MR) is 142 cm³/mol. The number of morpholine rings is 1. The molecule has 1 aliphatic heterocycles. The quantitative estimate of drug-likeness (QED) is 0.411. The topological polar surface area (TPSA) is 140 Å². The maximum atomic E-state index is 13.4. The standard InChI is InChI=1S/C26H30F2N6O5S/c1-14-12-38-9-8-34(14)21-10-19(22-15(2)23(22)40(36,37)25-16(3)39-13-30-25)32-24(33-21)17-4-6-18(7-5-17)31-26(35)29-11-20(27)28/h4-7,10,13-15,20,22-23H,8-9,11-12H2,1-3H3,(H2,29,31,35)/t14-,15?,22?,23?/m0/s1. The van der Waals surface area contributed by atoms with Crippen molar-refractivity contribution in [3.05, 3.63) is 48.2 Å². The van der Waals surface area contributed by atoms with Crippen LogP contribution in [-0.4, -0.2) is 73.4 Å². The summed E-state index contributed by atoms with van der Waals surface area (Å²) in [6, 6.07) is 7.80. The van der Waals surface area contributed by atoms with Gasteiger partial charge < -0.3 is 24.7 Å². The lowest BCUT2D eigenvalue weighted by Gasteiger charge is -2.34. The third kappa shape index (κ3) is 5.63. The molecule has 2 amide bonds. The Morgan fingerprint density at radius 3 is 2.60 bits per heavy atom. The van der Waals surface area contributed by atoms with Crippen LogP contribution in [-0.2, 0) is 14.6 Å². The second-order valence-corrected chi connectivity index (χ2v) is 12.0. The Bertz CT molecular complexity index is 1480. The van der Waals surface area contributed by atoms with Crippen molar-refractivity contribution in [3.8, 4) is 11.4 Å². The van der Waals surface area contributed by atoms with Crippen LogP contribution < -0.4 is 15.5 Å². The molecule has 4 atom stereocenters. The third-order valence-electron chi connectivity index (χ3n) is 7.18. The Hall–Kier alpha value is -3.65. The molecule has 0 spiro atoms. The van der Waals surface area contributed by atoms with Crippen molar-refractivity contribution in [2.24, 2.45) is 5.92 Å². The molecule has 40 heavy (non-hydrogen) atoms. The average molecular weight is 577 g/mol. The fourth-order valence-electron chi connectivity index (χ4n) is 5.05. The van der Waals surface area contributed by atoms with E-state index in [1.54, 1.807) is 31.2 Å². The molecule has 0 radical (unpaired) electrons. The zero-order valence-corrected chi connectivity index (χ0v) is 23.0. The zero-order valence-electron chi connectivity index (χ0n) is 22.2. The van der Waals surface area contributed by atoms with E-state index in [1.165, 1.54) is 0 Å². The number of nitrogens with zero attached hydrogens (tertiary/aromatic N) is 4. The number of benzene rings is 1. The SMILES string of the molecule is Cc1ocnc1S(=O)(=O)C1C(C)C1c1cc(N2CCOC[C@@H]2C)nc(-c2ccc(NC(=O)NCC(F)F)cc2)n1. The number of urea groups is 1. The van der Waals surface area contributed by atoms with E-state index in [0.29, 0.717) is 48.3 Å². The van der Waals surface area contributed by atoms with Gasteiger partial charge in [0, 0.05) is 29.8 Å². The van der Waals surface area contributed by atoms with Gasteiger partial charge >= 0.3 is 6.03 Å². The van der Waals surface area contributed by atoms with Crippen molar-refractivity contribution in [2.45, 2.75) is 49.4 Å². The number of amides is 2. The van der Waals surface area contributed by atoms with Crippen LogP contribution in [0.4, 0.5) is 25.1 Å². The highest BCUT2D eigenvalue weighted by molar-refractivity contribution is 7.92. The van der Waals surface area contributed by atoms with Crippen LogP contribution in [0.1, 0.15) is 31.2 Å². The molecule has 5 rings (SSSR count). The molecular formula is C26H30F2N6O5S. The molecule has 1 aromatic carbocycles. The molecule has 1 aliphatic carbocycles. The van der Waals surface area contributed by atoms with Gasteiger partial charge in [0.2, 0.25) is 9.84 Å². The highest BCUT2D eigenvalue weighted by Crippen LogP contribution is 2.53. The van der Waals surface area contributed by atoms with Crippen molar-refractivity contribution >= 4 is 27.4 Å². The number of carbonyl (C=O) groups excluding carboxylic acids is 1. The van der Waals surface area contributed by atoms with Gasteiger partial charge in [0.15, 0.2) is 17.2 Å². The Morgan fingerprint density at radius 1 is 1.20 bits per heavy atom. The highest BCUT2D eigenvalue weighted by atomic mass is 32.2. The summed E-state index contributed by atoms with van der Waals surface area (Å²) < 4.78 is 62.2. The molecule has 1 saturated heterocycles. The molecular weight excluding hydrogens is 546 g/mol. The van der Waals surface area contributed by atoms with Gasteiger partial charge in [0.1, 0.15) is 11.6 Å². The predicted octanol–water partition coefficient (Wildman–Crippen LogP) is 3.63. The first-order chi connectivity index (χ1) is 19.1. The largest absolute Gasteiger partial charge is 0.447 e. The molecule has 3 heterocycles. The van der Waals surface area contributed by atoms with Gasteiger partial charge in [-0.05, 0) is 44.0 Å². The fourth-order valence-corrected chi connectivity index (χ4v) is 7.37. The molecule has 0 bridgehead atoms. The number of anilines is 2. The van der Waals surface area contributed by atoms with E-state index in [9.17, 15) is 22.0 Å². The van der Waals surface area contributed by atoms with Crippen LogP contribution in [0.15, 0.2) is 46.2 Å². The van der Waals surface area contributed by atoms with Crippen molar-refractivity contribution in [2.75, 3.05) is 36.5 Å². The van der Waals surface area contributed by atoms with Gasteiger partial charge in [0.25, 0.3) is 6.43 Å². The van der Waals surface area contributed by atoms with Gasteiger partial charge in [0.05, 0.1) is 36.7 Å². The molecule has 2 aliphatic rings. The Balaban J connectivity index is 1.46. The summed E-state index contributed by atoms with van der Waals surface area (Å²) in [5, 5.41) is 3.84. The number of ether oxygens (including phenoxy) is 1. The number of hydrogen-bond acceptors (Lipinski definition) is 9. The molecule has 214 valence electrons. The van der Waals surface area contributed by atoms with Gasteiger partial charge in [-0.1, -0.05) is 6.92 Å². The Kier molecular flexibility index (Phi) is 7.73. The van der Waals surface area contributed by atoms with E-state index in [-0.39, 0.29) is 28.7 Å². The van der Waals surface area contributed by atoms with E-state index < -0.39 is 34.1 Å². The summed E-state index contributed by atoms with van der Waals surface area (Å²) in [7, 11) is -3.74. The van der Waals surface area contributed by atoms with Crippen LogP contribution in [0.5, 0.6) is 0 Å². The first-order valence-electron chi connectivity index (χ1n) is 12.9. The van der Waals surface area contributed by atoms with Crippen LogP contribution in [0, 0.1) is 12.8 Å². The zero-order chi connectivity index (χ0) is 28.6. The van der Waals surface area contributed by atoms with Crippen LogP contribution in [0.25, 0.3) is 11.4 Å². The number of alkyl halides is 2. The molecule has 14 heteroatoms. The van der Waals surface area contributed by atoms with Crippen LogP contribution >= 0.6 is 0 Å². The lowest BCUT2D eigenvalue weighted by Crippen LogP contribution is -2.44. The van der Waals surface area contributed by atoms with Gasteiger partial charge in [-0.2, -0.15) is 0 Å². The van der Waals surface area contributed by atoms with E-state index in [1.807, 2.05) is 19.9 Å². The van der Waals surface area contributed by atoms with Gasteiger partial charge in [-0.3, -0.25) is 0 Å². The summed E-state index contributed by atoms with van der Waals surface area (Å²) in [4.78, 5) is 27.5. The fraction of sp³-hybridized carbons (Fsp3) is 0.462. The third-order valence-corrected chi connectivity index (χ3v) is 9.55. The number of aryl methyl sites for hydroxylation is 1. The van der Waals surface area contributed by atoms with Crippen molar-refractivity contribution in [1.82, 2.24) is 20.3 Å². The summed E-state index contributed by atoms with van der Waals surface area (Å²) in [6.45, 7) is 6.42. The monoisotopic (exact) mass is 576 g/mol. The number of sulfone groups is 1. The summed E-state index contributed by atoms with van der Waals surface area (Å²) in [5.74, 6) is 0.750. The minimum Gasteiger partial charge on any atom is -0.447 e. The molecule has 2 aromatic heterocycles.